The van der Waals surface area contributed by atoms with E-state index in [2.05, 4.69) is 38.3 Å². The van der Waals surface area contributed by atoms with Crippen LogP contribution in [0.4, 0.5) is 0 Å². The molecule has 0 saturated carbocycles. The molecule has 2 aliphatic rings. The van der Waals surface area contributed by atoms with E-state index in [0.29, 0.717) is 12.3 Å². The number of esters is 2. The van der Waals surface area contributed by atoms with Gasteiger partial charge in [0.15, 0.2) is 6.29 Å². The van der Waals surface area contributed by atoms with Gasteiger partial charge in [0.05, 0.1) is 50.8 Å². The number of fused-ring (bicyclic) bond motifs is 1. The number of unbranched alkanes of at least 4 members (excludes halogenated alkanes) is 3. The molecule has 1 fully saturated rings. The maximum absolute atomic E-state index is 11.9. The lowest BCUT2D eigenvalue weighted by Crippen LogP contribution is -2.32. The number of hydrogen-bond acceptors (Lipinski definition) is 8. The van der Waals surface area contributed by atoms with Crippen LogP contribution in [0.3, 0.4) is 0 Å². The van der Waals surface area contributed by atoms with E-state index < -0.39 is 25.2 Å². The number of aliphatic hydroxyl groups excluding tert-OH is 2. The highest BCUT2D eigenvalue weighted by Gasteiger charge is 2.25. The minimum absolute atomic E-state index is 0.0293. The molecule has 1 aromatic rings. The Morgan fingerprint density at radius 2 is 1.55 bits per heavy atom. The number of carbonyl (C=O) groups is 2. The van der Waals surface area contributed by atoms with E-state index in [4.69, 9.17) is 29.2 Å². The van der Waals surface area contributed by atoms with Gasteiger partial charge in [0.25, 0.3) is 0 Å². The summed E-state index contributed by atoms with van der Waals surface area (Å²) in [5.74, 6) is -0.423. The second-order valence-electron chi connectivity index (χ2n) is 12.6. The van der Waals surface area contributed by atoms with Gasteiger partial charge >= 0.3 is 11.9 Å². The molecule has 3 rings (SSSR count). The number of rotatable bonds is 20. The molecule has 1 aromatic carbocycles. The van der Waals surface area contributed by atoms with Gasteiger partial charge in [0.2, 0.25) is 0 Å². The fourth-order valence-corrected chi connectivity index (χ4v) is 5.93. The third-order valence-electron chi connectivity index (χ3n) is 8.85. The number of aryl methyl sites for hydroxylation is 2. The minimum Gasteiger partial charge on any atom is -0.462 e. The first kappa shape index (κ1) is 36.0. The standard InChI is InChI=1S/C36H54O8/c1-4-5-6-9-28-14-16-33-19-29(15-17-32(33)18-28)12-13-31-22-41-34(42-23-31)11-8-7-10-30(24-43-35(39)26(2)20-37)25-44-36(40)27(3)21-38/h14,16,18,29-31,34,37-38H,2-13,15,17,19-25H2,1H3. The summed E-state index contributed by atoms with van der Waals surface area (Å²) in [7, 11) is 0. The van der Waals surface area contributed by atoms with Crippen molar-refractivity contribution in [2.24, 2.45) is 17.8 Å². The van der Waals surface area contributed by atoms with Crippen LogP contribution in [0.5, 0.6) is 0 Å². The molecular formula is C36H54O8. The van der Waals surface area contributed by atoms with Crippen LogP contribution in [0, 0.1) is 17.8 Å². The van der Waals surface area contributed by atoms with Crippen LogP contribution < -0.4 is 0 Å². The van der Waals surface area contributed by atoms with Crippen molar-refractivity contribution in [3.63, 3.8) is 0 Å². The molecule has 1 aliphatic carbocycles. The number of aliphatic hydroxyl groups is 2. The molecule has 44 heavy (non-hydrogen) atoms. The summed E-state index contributed by atoms with van der Waals surface area (Å²) in [6.45, 7) is 9.75. The van der Waals surface area contributed by atoms with Gasteiger partial charge in [0, 0.05) is 11.8 Å². The van der Waals surface area contributed by atoms with Gasteiger partial charge < -0.3 is 29.2 Å². The first-order chi connectivity index (χ1) is 21.3. The van der Waals surface area contributed by atoms with Crippen LogP contribution in [0.1, 0.15) is 87.8 Å². The molecule has 1 atom stereocenters. The smallest absolute Gasteiger partial charge is 0.335 e. The fraction of sp³-hybridized carbons (Fsp3) is 0.667. The molecule has 8 nitrogen and oxygen atoms in total. The quantitative estimate of drug-likeness (QED) is 0.110. The highest BCUT2D eigenvalue weighted by atomic mass is 16.7. The minimum atomic E-state index is -0.679. The van der Waals surface area contributed by atoms with Gasteiger partial charge in [-0.15, -0.1) is 0 Å². The second-order valence-corrected chi connectivity index (χ2v) is 12.6. The van der Waals surface area contributed by atoms with E-state index in [1.165, 1.54) is 56.9 Å². The van der Waals surface area contributed by atoms with Crippen molar-refractivity contribution < 1.29 is 38.7 Å². The third kappa shape index (κ3) is 12.5. The highest BCUT2D eigenvalue weighted by molar-refractivity contribution is 5.88. The molecule has 246 valence electrons. The van der Waals surface area contributed by atoms with E-state index in [0.717, 1.165) is 44.8 Å². The first-order valence-electron chi connectivity index (χ1n) is 16.6. The summed E-state index contributed by atoms with van der Waals surface area (Å²) in [5.41, 5.74) is 4.54. The zero-order chi connectivity index (χ0) is 31.7. The Kier molecular flexibility index (Phi) is 16.2. The maximum atomic E-state index is 11.9. The molecule has 2 N–H and O–H groups in total. The highest BCUT2D eigenvalue weighted by Crippen LogP contribution is 2.31. The SMILES string of the molecule is C=C(CO)C(=O)OCC(CCCCC1OCC(CCC2CCc3cc(CCCCC)ccc3C2)CO1)COC(=O)C(=C)CO. The van der Waals surface area contributed by atoms with Crippen molar-refractivity contribution in [1.29, 1.82) is 0 Å². The molecule has 1 heterocycles. The van der Waals surface area contributed by atoms with E-state index >= 15 is 0 Å². The Labute approximate surface area is 263 Å². The third-order valence-corrected chi connectivity index (χ3v) is 8.85. The van der Waals surface area contributed by atoms with Gasteiger partial charge in [-0.05, 0) is 86.8 Å². The van der Waals surface area contributed by atoms with Crippen molar-refractivity contribution in [1.82, 2.24) is 0 Å². The average Bonchev–Trinajstić information content (AvgIpc) is 3.05. The summed E-state index contributed by atoms with van der Waals surface area (Å²) in [6, 6.07) is 7.18. The van der Waals surface area contributed by atoms with E-state index in [-0.39, 0.29) is 36.6 Å². The van der Waals surface area contributed by atoms with Crippen molar-refractivity contribution in [3.05, 3.63) is 59.2 Å². The lowest BCUT2D eigenvalue weighted by atomic mass is 9.80. The van der Waals surface area contributed by atoms with E-state index in [1.54, 1.807) is 11.1 Å². The Hall–Kier alpha value is -2.52. The van der Waals surface area contributed by atoms with E-state index in [1.807, 2.05) is 0 Å². The molecule has 0 spiro atoms. The van der Waals surface area contributed by atoms with Crippen molar-refractivity contribution in [2.75, 3.05) is 39.6 Å². The lowest BCUT2D eigenvalue weighted by Gasteiger charge is -2.31. The number of hydrogen-bond donors (Lipinski definition) is 2. The zero-order valence-corrected chi connectivity index (χ0v) is 26.7. The van der Waals surface area contributed by atoms with Gasteiger partial charge in [-0.25, -0.2) is 9.59 Å². The summed E-state index contributed by atoms with van der Waals surface area (Å²) in [6.07, 6.45) is 13.9. The van der Waals surface area contributed by atoms with Crippen LogP contribution >= 0.6 is 0 Å². The van der Waals surface area contributed by atoms with Gasteiger partial charge in [0.1, 0.15) is 0 Å². The Morgan fingerprint density at radius 1 is 0.886 bits per heavy atom. The summed E-state index contributed by atoms with van der Waals surface area (Å²) < 4.78 is 22.6. The average molecular weight is 615 g/mol. The molecule has 0 radical (unpaired) electrons. The fourth-order valence-electron chi connectivity index (χ4n) is 5.93. The van der Waals surface area contributed by atoms with Crippen molar-refractivity contribution >= 4 is 11.9 Å². The lowest BCUT2D eigenvalue weighted by molar-refractivity contribution is -0.204. The van der Waals surface area contributed by atoms with Crippen LogP contribution in [0.25, 0.3) is 0 Å². The number of ether oxygens (including phenoxy) is 4. The van der Waals surface area contributed by atoms with Crippen LogP contribution in [-0.4, -0.2) is 68.1 Å². The normalized spacial score (nSPS) is 19.8. The summed E-state index contributed by atoms with van der Waals surface area (Å²) in [5, 5.41) is 18.2. The number of carbonyl (C=O) groups excluding carboxylic acids is 2. The summed E-state index contributed by atoms with van der Waals surface area (Å²) in [4.78, 5) is 23.8. The predicted octanol–water partition coefficient (Wildman–Crippen LogP) is 5.65. The Balaban J connectivity index is 1.32. The molecule has 1 unspecified atom stereocenters. The molecular weight excluding hydrogens is 560 g/mol. The van der Waals surface area contributed by atoms with Crippen LogP contribution in [0.15, 0.2) is 42.5 Å². The molecule has 0 bridgehead atoms. The van der Waals surface area contributed by atoms with Crippen molar-refractivity contribution in [3.8, 4) is 0 Å². The monoisotopic (exact) mass is 614 g/mol. The largest absolute Gasteiger partial charge is 0.462 e. The van der Waals surface area contributed by atoms with Gasteiger partial charge in [-0.1, -0.05) is 57.5 Å². The Morgan fingerprint density at radius 3 is 2.18 bits per heavy atom. The maximum Gasteiger partial charge on any atom is 0.335 e. The molecule has 8 heteroatoms. The first-order valence-corrected chi connectivity index (χ1v) is 16.6. The van der Waals surface area contributed by atoms with Gasteiger partial charge in [-0.3, -0.25) is 0 Å². The van der Waals surface area contributed by atoms with Crippen molar-refractivity contribution in [2.45, 2.75) is 96.7 Å². The molecule has 0 aromatic heterocycles. The predicted molar refractivity (Wildman–Crippen MR) is 170 cm³/mol. The van der Waals surface area contributed by atoms with E-state index in [9.17, 15) is 9.59 Å². The van der Waals surface area contributed by atoms with Crippen LogP contribution in [-0.2, 0) is 47.8 Å². The second kappa shape index (κ2) is 19.8. The van der Waals surface area contributed by atoms with Gasteiger partial charge in [-0.2, -0.15) is 0 Å². The molecule has 1 saturated heterocycles. The topological polar surface area (TPSA) is 112 Å². The Bertz CT molecular complexity index is 1030. The number of benzene rings is 1. The zero-order valence-electron chi connectivity index (χ0n) is 26.7. The van der Waals surface area contributed by atoms with Crippen LogP contribution in [0.2, 0.25) is 0 Å². The molecule has 0 amide bonds. The summed E-state index contributed by atoms with van der Waals surface area (Å²) >= 11 is 0. The molecule has 1 aliphatic heterocycles.